The summed E-state index contributed by atoms with van der Waals surface area (Å²) in [5, 5.41) is 0. The third-order valence-corrected chi connectivity index (χ3v) is 10.00. The van der Waals surface area contributed by atoms with E-state index in [1.807, 2.05) is 0 Å². The number of nitrogens with zero attached hydrogens (tertiary/aromatic N) is 2. The minimum absolute atomic E-state index is 0. The highest BCUT2D eigenvalue weighted by molar-refractivity contribution is 5.63. The predicted octanol–water partition coefficient (Wildman–Crippen LogP) is 5.58. The van der Waals surface area contributed by atoms with E-state index in [4.69, 9.17) is 0 Å². The van der Waals surface area contributed by atoms with Crippen molar-refractivity contribution in [2.45, 2.75) is 144 Å². The molecule has 0 aliphatic rings. The van der Waals surface area contributed by atoms with E-state index in [1.165, 1.54) is 151 Å². The number of rotatable bonds is 25. The van der Waals surface area contributed by atoms with Crippen molar-refractivity contribution >= 4 is 0 Å². The lowest BCUT2D eigenvalue weighted by molar-refractivity contribution is -0.921. The molecule has 0 heterocycles. The van der Waals surface area contributed by atoms with Crippen LogP contribution in [0.25, 0.3) is 11.1 Å². The number of halogens is 2. The van der Waals surface area contributed by atoms with Crippen molar-refractivity contribution in [1.82, 2.24) is 0 Å². The molecular weight excluding hydrogens is 579 g/mol. The van der Waals surface area contributed by atoms with Crippen molar-refractivity contribution in [3.8, 4) is 11.1 Å². The summed E-state index contributed by atoms with van der Waals surface area (Å²) < 4.78 is 2.30. The molecule has 0 N–H and O–H groups in total. The van der Waals surface area contributed by atoms with Crippen LogP contribution in [-0.4, -0.2) is 49.2 Å². The Morgan fingerprint density at radius 1 is 0.386 bits per heavy atom. The van der Waals surface area contributed by atoms with Gasteiger partial charge in [0, 0.05) is 11.1 Å². The Labute approximate surface area is 287 Å². The maximum atomic E-state index is 2.45. The Hall–Kier alpha value is -1.06. The summed E-state index contributed by atoms with van der Waals surface area (Å²) in [5.74, 6) is 0. The van der Waals surface area contributed by atoms with Gasteiger partial charge >= 0.3 is 0 Å². The fourth-order valence-corrected chi connectivity index (χ4v) is 6.44. The third-order valence-electron chi connectivity index (χ3n) is 10.00. The van der Waals surface area contributed by atoms with Gasteiger partial charge in [-0.05, 0) is 50.7 Å². The van der Waals surface area contributed by atoms with Gasteiger partial charge in [0.25, 0.3) is 0 Å². The van der Waals surface area contributed by atoms with Crippen LogP contribution >= 0.6 is 0 Å². The first-order valence-electron chi connectivity index (χ1n) is 18.2. The lowest BCUT2D eigenvalue weighted by Gasteiger charge is -2.34. The summed E-state index contributed by atoms with van der Waals surface area (Å²) in [7, 11) is 4.90. The Balaban J connectivity index is 0.00000924. The molecule has 2 aromatic carbocycles. The van der Waals surface area contributed by atoms with E-state index in [0.717, 1.165) is 22.1 Å². The highest BCUT2D eigenvalue weighted by atomic mass is 35.5. The first-order chi connectivity index (χ1) is 20.4. The highest BCUT2D eigenvalue weighted by Crippen LogP contribution is 2.24. The molecule has 0 bridgehead atoms. The molecule has 0 saturated carbocycles. The Morgan fingerprint density at radius 2 is 0.659 bits per heavy atom. The second-order valence-electron chi connectivity index (χ2n) is 14.0. The molecule has 0 aliphatic heterocycles. The van der Waals surface area contributed by atoms with Gasteiger partial charge in [0.2, 0.25) is 0 Å². The number of unbranched alkanes of at least 4 members (excludes halogenated alkanes) is 14. The minimum Gasteiger partial charge on any atom is -1.00 e. The Morgan fingerprint density at radius 3 is 0.932 bits per heavy atom. The van der Waals surface area contributed by atoms with E-state index < -0.39 is 0 Å². The van der Waals surface area contributed by atoms with Gasteiger partial charge in [-0.3, -0.25) is 0 Å². The van der Waals surface area contributed by atoms with Crippen molar-refractivity contribution in [3.05, 3.63) is 59.7 Å². The molecule has 2 atom stereocenters. The topological polar surface area (TPSA) is 0 Å². The number of quaternary nitrogens is 2. The standard InChI is InChI=1S/C40H70N2.2ClH/c1-7-11-13-15-17-19-21-23-33-41(5,9-3)35-37-25-29-39(30-26-37)40-31-27-38(28-32-40)36-42(6,10-4)34-24-22-20-18-16-14-12-8-2;;/h25-32H,7-24,33-36H2,1-6H3;2*1H/q+2;;/p-2. The molecule has 2 nitrogen and oxygen atoms in total. The second-order valence-corrected chi connectivity index (χ2v) is 14.0. The zero-order valence-electron chi connectivity index (χ0n) is 29.8. The zero-order chi connectivity index (χ0) is 30.5. The van der Waals surface area contributed by atoms with E-state index >= 15 is 0 Å². The van der Waals surface area contributed by atoms with Gasteiger partial charge in [-0.15, -0.1) is 0 Å². The summed E-state index contributed by atoms with van der Waals surface area (Å²) >= 11 is 0. The maximum absolute atomic E-state index is 2.45. The quantitative estimate of drug-likeness (QED) is 0.0975. The molecule has 254 valence electrons. The molecular formula is C40H70Cl2N2. The van der Waals surface area contributed by atoms with Crippen LogP contribution in [0.3, 0.4) is 0 Å². The van der Waals surface area contributed by atoms with Crippen molar-refractivity contribution < 1.29 is 33.8 Å². The summed E-state index contributed by atoms with van der Waals surface area (Å²) in [6.07, 6.45) is 22.4. The molecule has 0 saturated heterocycles. The van der Waals surface area contributed by atoms with E-state index in [-0.39, 0.29) is 24.8 Å². The van der Waals surface area contributed by atoms with Crippen LogP contribution in [0.15, 0.2) is 48.5 Å². The van der Waals surface area contributed by atoms with Crippen LogP contribution in [-0.2, 0) is 13.1 Å². The zero-order valence-corrected chi connectivity index (χ0v) is 31.3. The van der Waals surface area contributed by atoms with E-state index in [9.17, 15) is 0 Å². The van der Waals surface area contributed by atoms with Crippen LogP contribution < -0.4 is 24.8 Å². The van der Waals surface area contributed by atoms with Gasteiger partial charge in [-0.25, -0.2) is 0 Å². The van der Waals surface area contributed by atoms with Crippen molar-refractivity contribution in [2.24, 2.45) is 0 Å². The summed E-state index contributed by atoms with van der Waals surface area (Å²) in [5.41, 5.74) is 5.61. The molecule has 0 radical (unpaired) electrons. The van der Waals surface area contributed by atoms with Crippen molar-refractivity contribution in [2.75, 3.05) is 40.3 Å². The van der Waals surface area contributed by atoms with Crippen LogP contribution in [0.2, 0.25) is 0 Å². The van der Waals surface area contributed by atoms with Gasteiger partial charge in [0.05, 0.1) is 40.3 Å². The van der Waals surface area contributed by atoms with Crippen molar-refractivity contribution in [3.63, 3.8) is 0 Å². The number of hydrogen-bond acceptors (Lipinski definition) is 0. The molecule has 0 spiro atoms. The van der Waals surface area contributed by atoms with Gasteiger partial charge in [-0.2, -0.15) is 0 Å². The smallest absolute Gasteiger partial charge is 0.104 e. The average Bonchev–Trinajstić information content (AvgIpc) is 3.00. The van der Waals surface area contributed by atoms with Gasteiger partial charge in [0.15, 0.2) is 0 Å². The van der Waals surface area contributed by atoms with E-state index in [2.05, 4.69) is 90.3 Å². The summed E-state index contributed by atoms with van der Waals surface area (Å²) in [6.45, 7) is 16.6. The normalized spacial score (nSPS) is 13.9. The molecule has 2 unspecified atom stereocenters. The molecule has 0 amide bonds. The van der Waals surface area contributed by atoms with E-state index in [1.54, 1.807) is 0 Å². The molecule has 0 aliphatic carbocycles. The highest BCUT2D eigenvalue weighted by Gasteiger charge is 2.20. The van der Waals surface area contributed by atoms with Crippen molar-refractivity contribution in [1.29, 1.82) is 0 Å². The third kappa shape index (κ3) is 17.6. The summed E-state index contributed by atoms with van der Waals surface area (Å²) in [4.78, 5) is 0. The van der Waals surface area contributed by atoms with Gasteiger partial charge in [-0.1, -0.05) is 139 Å². The summed E-state index contributed by atoms with van der Waals surface area (Å²) in [6, 6.07) is 18.9. The monoisotopic (exact) mass is 648 g/mol. The molecule has 44 heavy (non-hydrogen) atoms. The first-order valence-corrected chi connectivity index (χ1v) is 18.2. The lowest BCUT2D eigenvalue weighted by atomic mass is 10.0. The molecule has 4 heteroatoms. The van der Waals surface area contributed by atoms with Gasteiger partial charge < -0.3 is 33.8 Å². The van der Waals surface area contributed by atoms with Crippen LogP contribution in [0, 0.1) is 0 Å². The molecule has 2 rings (SSSR count). The molecule has 0 fully saturated rings. The van der Waals surface area contributed by atoms with E-state index in [0.29, 0.717) is 0 Å². The van der Waals surface area contributed by atoms with Gasteiger partial charge in [0.1, 0.15) is 13.1 Å². The van der Waals surface area contributed by atoms with Crippen LogP contribution in [0.1, 0.15) is 142 Å². The second kappa shape index (κ2) is 25.1. The largest absolute Gasteiger partial charge is 1.00 e. The number of hydrogen-bond donors (Lipinski definition) is 0. The first kappa shape index (κ1) is 42.9. The maximum Gasteiger partial charge on any atom is 0.104 e. The minimum atomic E-state index is 0. The Kier molecular flexibility index (Phi) is 24.5. The predicted molar refractivity (Wildman–Crippen MR) is 188 cm³/mol. The lowest BCUT2D eigenvalue weighted by Crippen LogP contribution is -3.00. The SMILES string of the molecule is CCCCCCCCCC[N+](C)(CC)Cc1ccc(-c2ccc(C[N+](C)(CC)CCCCCCCCCC)cc2)cc1.[Cl-].[Cl-]. The van der Waals surface area contributed by atoms with Crippen LogP contribution in [0.5, 0.6) is 0 Å². The Bertz CT molecular complexity index is 852. The van der Waals surface area contributed by atoms with Crippen LogP contribution in [0.4, 0.5) is 0 Å². The fraction of sp³-hybridized carbons (Fsp3) is 0.700. The fourth-order valence-electron chi connectivity index (χ4n) is 6.44. The molecule has 0 aromatic heterocycles. The number of benzene rings is 2. The molecule has 2 aromatic rings. The average molecular weight is 650 g/mol.